The van der Waals surface area contributed by atoms with Crippen LogP contribution in [-0.2, 0) is 4.79 Å². The Bertz CT molecular complexity index is 267. The molecule has 0 radical (unpaired) electrons. The Morgan fingerprint density at radius 3 is 3.00 bits per heavy atom. The van der Waals surface area contributed by atoms with Crippen LogP contribution in [0.25, 0.3) is 0 Å². The van der Waals surface area contributed by atoms with Crippen molar-refractivity contribution in [3.8, 4) is 0 Å². The third-order valence-electron chi connectivity index (χ3n) is 1.46. The van der Waals surface area contributed by atoms with Gasteiger partial charge in [0.1, 0.15) is 5.94 Å². The van der Waals surface area contributed by atoms with Gasteiger partial charge in [-0.3, -0.25) is 0 Å². The van der Waals surface area contributed by atoms with E-state index in [4.69, 9.17) is 11.6 Å². The van der Waals surface area contributed by atoms with Crippen molar-refractivity contribution in [3.05, 3.63) is 41.5 Å². The second kappa shape index (κ2) is 3.97. The summed E-state index contributed by atoms with van der Waals surface area (Å²) < 4.78 is 0. The van der Waals surface area contributed by atoms with Gasteiger partial charge < -0.3 is 0 Å². The zero-order valence-electron chi connectivity index (χ0n) is 5.83. The van der Waals surface area contributed by atoms with Crippen LogP contribution in [0.1, 0.15) is 0 Å². The molecule has 1 rings (SSSR count). The molecule has 11 heavy (non-hydrogen) atoms. The standard InChI is InChI=1S/C9H7ClO/c10-6-5-8-3-1-2-4-9(8)7-11/h1-6,8H. The minimum absolute atomic E-state index is 0.00463. The molecule has 0 heterocycles. The normalized spacial score (nSPS) is 22.6. The number of allylic oxidation sites excluding steroid dienone is 6. The third kappa shape index (κ3) is 1.94. The molecule has 56 valence electrons. The summed E-state index contributed by atoms with van der Waals surface area (Å²) in [5.74, 6) is 1.85. The molecule has 2 heteroatoms. The van der Waals surface area contributed by atoms with Crippen LogP contribution >= 0.6 is 11.6 Å². The molecule has 0 amide bonds. The van der Waals surface area contributed by atoms with Crippen LogP contribution in [0.4, 0.5) is 0 Å². The quantitative estimate of drug-likeness (QED) is 0.546. The van der Waals surface area contributed by atoms with Crippen molar-refractivity contribution in [1.82, 2.24) is 0 Å². The summed E-state index contributed by atoms with van der Waals surface area (Å²) in [7, 11) is 0. The Labute approximate surface area is 70.4 Å². The van der Waals surface area contributed by atoms with Gasteiger partial charge in [0, 0.05) is 17.0 Å². The third-order valence-corrected chi connectivity index (χ3v) is 1.61. The van der Waals surface area contributed by atoms with E-state index in [2.05, 4.69) is 0 Å². The maximum Gasteiger partial charge on any atom is 0.128 e. The Morgan fingerprint density at radius 1 is 1.55 bits per heavy atom. The monoisotopic (exact) mass is 166 g/mol. The van der Waals surface area contributed by atoms with Gasteiger partial charge in [0.15, 0.2) is 0 Å². The van der Waals surface area contributed by atoms with E-state index in [1.165, 1.54) is 5.54 Å². The molecule has 0 aromatic carbocycles. The van der Waals surface area contributed by atoms with Gasteiger partial charge in [0.2, 0.25) is 0 Å². The van der Waals surface area contributed by atoms with Crippen molar-refractivity contribution >= 4 is 17.5 Å². The number of halogens is 1. The molecule has 0 aromatic heterocycles. The molecule has 0 N–H and O–H groups in total. The lowest BCUT2D eigenvalue weighted by Crippen LogP contribution is -1.97. The summed E-state index contributed by atoms with van der Waals surface area (Å²) in [6.45, 7) is 0. The molecule has 0 saturated heterocycles. The average Bonchev–Trinajstić information content (AvgIpc) is 2.06. The van der Waals surface area contributed by atoms with Crippen LogP contribution in [0.3, 0.4) is 0 Å². The number of rotatable bonds is 1. The molecule has 0 spiro atoms. The maximum atomic E-state index is 10.3. The summed E-state index contributed by atoms with van der Waals surface area (Å²) in [6, 6.07) is 0. The lowest BCUT2D eigenvalue weighted by atomic mass is 9.96. The second-order valence-corrected chi connectivity index (χ2v) is 2.40. The molecule has 0 aromatic rings. The van der Waals surface area contributed by atoms with Gasteiger partial charge in [-0.25, -0.2) is 4.79 Å². The first-order valence-electron chi connectivity index (χ1n) is 3.25. The van der Waals surface area contributed by atoms with Gasteiger partial charge in [-0.05, 0) is 6.08 Å². The smallest absolute Gasteiger partial charge is 0.128 e. The highest BCUT2D eigenvalue weighted by Gasteiger charge is 2.07. The fourth-order valence-electron chi connectivity index (χ4n) is 0.906. The summed E-state index contributed by atoms with van der Waals surface area (Å²) in [5, 5.41) is 0. The van der Waals surface area contributed by atoms with Crippen molar-refractivity contribution in [2.75, 3.05) is 0 Å². The lowest BCUT2D eigenvalue weighted by Gasteiger charge is -2.06. The molecule has 1 nitrogen and oxygen atoms in total. The number of hydrogen-bond acceptors (Lipinski definition) is 1. The van der Waals surface area contributed by atoms with Gasteiger partial charge in [0.05, 0.1) is 0 Å². The first kappa shape index (κ1) is 8.06. The minimum Gasteiger partial charge on any atom is -0.233 e. The van der Waals surface area contributed by atoms with Crippen LogP contribution in [0.5, 0.6) is 0 Å². The fraction of sp³-hybridized carbons (Fsp3) is 0.111. The Hall–Kier alpha value is -1.04. The van der Waals surface area contributed by atoms with E-state index < -0.39 is 0 Å². The van der Waals surface area contributed by atoms with Crippen LogP contribution in [0.15, 0.2) is 41.5 Å². The van der Waals surface area contributed by atoms with Crippen LogP contribution in [-0.4, -0.2) is 5.94 Å². The zero-order valence-corrected chi connectivity index (χ0v) is 6.58. The van der Waals surface area contributed by atoms with Crippen molar-refractivity contribution in [2.45, 2.75) is 0 Å². The second-order valence-electron chi connectivity index (χ2n) is 2.15. The zero-order chi connectivity index (χ0) is 8.10. The molecule has 0 fully saturated rings. The summed E-state index contributed by atoms with van der Waals surface area (Å²) in [5.41, 5.74) is 2.02. The molecule has 0 aliphatic heterocycles. The topological polar surface area (TPSA) is 17.1 Å². The Kier molecular flexibility index (Phi) is 2.91. The highest BCUT2D eigenvalue weighted by atomic mass is 35.5. The van der Waals surface area contributed by atoms with Crippen LogP contribution in [0, 0.1) is 5.92 Å². The average molecular weight is 167 g/mol. The molecule has 1 aliphatic carbocycles. The Morgan fingerprint density at radius 2 is 2.36 bits per heavy atom. The molecule has 1 atom stereocenters. The van der Waals surface area contributed by atoms with Gasteiger partial charge in [-0.1, -0.05) is 35.9 Å². The minimum atomic E-state index is -0.00463. The molecular weight excluding hydrogens is 160 g/mol. The Balaban J connectivity index is 2.88. The van der Waals surface area contributed by atoms with Gasteiger partial charge >= 0.3 is 0 Å². The van der Waals surface area contributed by atoms with E-state index in [1.807, 2.05) is 18.1 Å². The highest BCUT2D eigenvalue weighted by Crippen LogP contribution is 2.17. The maximum absolute atomic E-state index is 10.3. The van der Waals surface area contributed by atoms with Crippen molar-refractivity contribution in [1.29, 1.82) is 0 Å². The molecule has 0 saturated carbocycles. The van der Waals surface area contributed by atoms with E-state index in [-0.39, 0.29) is 5.92 Å². The number of hydrogen-bond donors (Lipinski definition) is 0. The first-order chi connectivity index (χ1) is 5.38. The number of carbonyl (C=O) groups excluding carboxylic acids is 1. The summed E-state index contributed by atoms with van der Waals surface area (Å²) in [6.07, 6.45) is 9.04. The summed E-state index contributed by atoms with van der Waals surface area (Å²) in [4.78, 5) is 10.3. The molecular formula is C9H7ClO. The van der Waals surface area contributed by atoms with E-state index in [0.29, 0.717) is 5.57 Å². The van der Waals surface area contributed by atoms with Crippen molar-refractivity contribution in [2.24, 2.45) is 5.92 Å². The van der Waals surface area contributed by atoms with Gasteiger partial charge in [-0.15, -0.1) is 0 Å². The lowest BCUT2D eigenvalue weighted by molar-refractivity contribution is 0.566. The van der Waals surface area contributed by atoms with Gasteiger partial charge in [-0.2, -0.15) is 0 Å². The summed E-state index contributed by atoms with van der Waals surface area (Å²) >= 11 is 5.38. The molecule has 1 aliphatic rings. The van der Waals surface area contributed by atoms with Crippen molar-refractivity contribution < 1.29 is 4.79 Å². The van der Waals surface area contributed by atoms with Crippen LogP contribution in [0.2, 0.25) is 0 Å². The van der Waals surface area contributed by atoms with E-state index in [9.17, 15) is 4.79 Å². The van der Waals surface area contributed by atoms with E-state index in [0.717, 1.165) is 0 Å². The predicted octanol–water partition coefficient (Wildman–Crippen LogP) is 2.24. The SMILES string of the molecule is O=C=C1C=CC=CC1C=CCl. The highest BCUT2D eigenvalue weighted by molar-refractivity contribution is 6.25. The van der Waals surface area contributed by atoms with Gasteiger partial charge in [0.25, 0.3) is 0 Å². The van der Waals surface area contributed by atoms with E-state index in [1.54, 1.807) is 18.2 Å². The molecule has 0 bridgehead atoms. The first-order valence-corrected chi connectivity index (χ1v) is 3.69. The van der Waals surface area contributed by atoms with Crippen molar-refractivity contribution in [3.63, 3.8) is 0 Å². The molecule has 1 unspecified atom stereocenters. The van der Waals surface area contributed by atoms with Crippen LogP contribution < -0.4 is 0 Å². The fourth-order valence-corrected chi connectivity index (χ4v) is 1.06. The van der Waals surface area contributed by atoms with E-state index >= 15 is 0 Å². The predicted molar refractivity (Wildman–Crippen MR) is 46.0 cm³/mol. The largest absolute Gasteiger partial charge is 0.233 e.